The Kier molecular flexibility index (Phi) is 5.88. The van der Waals surface area contributed by atoms with Crippen LogP contribution < -0.4 is 4.74 Å². The molecule has 0 aromatic heterocycles. The molecule has 2 rings (SSSR count). The van der Waals surface area contributed by atoms with Crippen LogP contribution >= 0.6 is 0 Å². The van der Waals surface area contributed by atoms with Gasteiger partial charge in [-0.05, 0) is 51.3 Å². The van der Waals surface area contributed by atoms with Crippen LogP contribution in [-0.2, 0) is 16.1 Å². The number of carbonyl (C=O) groups excluding carboxylic acids is 1. The van der Waals surface area contributed by atoms with Gasteiger partial charge < -0.3 is 19.1 Å². The molecule has 0 N–H and O–H groups in total. The first kappa shape index (κ1) is 17.6. The fourth-order valence-corrected chi connectivity index (χ4v) is 2.47. The van der Waals surface area contributed by atoms with E-state index in [1.54, 1.807) is 12.0 Å². The van der Waals surface area contributed by atoms with Crippen molar-refractivity contribution < 1.29 is 19.0 Å². The molecule has 0 unspecified atom stereocenters. The van der Waals surface area contributed by atoms with Gasteiger partial charge in [0.2, 0.25) is 0 Å². The summed E-state index contributed by atoms with van der Waals surface area (Å²) in [6.07, 6.45) is 1.65. The second-order valence-corrected chi connectivity index (χ2v) is 6.83. The number of ether oxygens (including phenoxy) is 3. The summed E-state index contributed by atoms with van der Waals surface area (Å²) in [4.78, 5) is 13.8. The van der Waals surface area contributed by atoms with E-state index in [0.717, 1.165) is 24.2 Å². The minimum atomic E-state index is -0.446. The average Bonchev–Trinajstić information content (AvgIpc) is 2.52. The summed E-state index contributed by atoms with van der Waals surface area (Å²) < 4.78 is 16.5. The molecule has 1 aliphatic heterocycles. The number of likely N-dealkylation sites (tertiary alicyclic amines) is 1. The van der Waals surface area contributed by atoms with Crippen LogP contribution in [0.2, 0.25) is 0 Å². The normalized spacial score (nSPS) is 16.3. The number of methoxy groups -OCH3 is 1. The zero-order valence-corrected chi connectivity index (χ0v) is 14.5. The predicted molar refractivity (Wildman–Crippen MR) is 88.6 cm³/mol. The van der Waals surface area contributed by atoms with E-state index in [9.17, 15) is 4.79 Å². The highest BCUT2D eigenvalue weighted by molar-refractivity contribution is 5.68. The van der Waals surface area contributed by atoms with Gasteiger partial charge in [-0.25, -0.2) is 4.79 Å². The minimum absolute atomic E-state index is 0.191. The number of amides is 1. The molecule has 0 saturated carbocycles. The van der Waals surface area contributed by atoms with Crippen molar-refractivity contribution in [2.75, 3.05) is 20.2 Å². The third-order valence-electron chi connectivity index (χ3n) is 3.74. The Bertz CT molecular complexity index is 499. The maximum Gasteiger partial charge on any atom is 0.410 e. The second-order valence-electron chi connectivity index (χ2n) is 6.83. The lowest BCUT2D eigenvalue weighted by Gasteiger charge is -2.33. The Morgan fingerprint density at radius 1 is 1.17 bits per heavy atom. The van der Waals surface area contributed by atoms with Crippen molar-refractivity contribution in [2.45, 2.75) is 51.9 Å². The molecule has 1 aliphatic rings. The zero-order valence-electron chi connectivity index (χ0n) is 14.5. The molecule has 23 heavy (non-hydrogen) atoms. The fourth-order valence-electron chi connectivity index (χ4n) is 2.47. The Morgan fingerprint density at radius 2 is 1.78 bits per heavy atom. The Morgan fingerprint density at radius 3 is 2.30 bits per heavy atom. The van der Waals surface area contributed by atoms with Crippen molar-refractivity contribution in [3.05, 3.63) is 29.8 Å². The lowest BCUT2D eigenvalue weighted by molar-refractivity contribution is -0.0170. The highest BCUT2D eigenvalue weighted by Crippen LogP contribution is 2.19. The number of carbonyl (C=O) groups is 1. The number of rotatable bonds is 4. The van der Waals surface area contributed by atoms with Gasteiger partial charge in [-0.2, -0.15) is 0 Å². The number of hydrogen-bond acceptors (Lipinski definition) is 4. The molecule has 128 valence electrons. The first-order valence-corrected chi connectivity index (χ1v) is 8.10. The number of piperidine rings is 1. The smallest absolute Gasteiger partial charge is 0.410 e. The first-order valence-electron chi connectivity index (χ1n) is 8.10. The molecule has 5 nitrogen and oxygen atoms in total. The van der Waals surface area contributed by atoms with Crippen molar-refractivity contribution in [1.82, 2.24) is 4.90 Å². The van der Waals surface area contributed by atoms with E-state index >= 15 is 0 Å². The van der Waals surface area contributed by atoms with Gasteiger partial charge in [-0.3, -0.25) is 0 Å². The number of hydrogen-bond donors (Lipinski definition) is 0. The molecular weight excluding hydrogens is 294 g/mol. The standard InChI is InChI=1S/C18H27NO4/c1-18(2,3)23-17(20)19-11-9-16(10-12-19)22-13-14-5-7-15(21-4)8-6-14/h5-8,16H,9-13H2,1-4H3. The zero-order chi connectivity index (χ0) is 16.9. The third-order valence-corrected chi connectivity index (χ3v) is 3.74. The van der Waals surface area contributed by atoms with Gasteiger partial charge in [0.05, 0.1) is 19.8 Å². The second kappa shape index (κ2) is 7.68. The van der Waals surface area contributed by atoms with Crippen molar-refractivity contribution in [3.8, 4) is 5.75 Å². The lowest BCUT2D eigenvalue weighted by Crippen LogP contribution is -2.43. The molecular formula is C18H27NO4. The van der Waals surface area contributed by atoms with Crippen LogP contribution in [-0.4, -0.2) is 42.9 Å². The average molecular weight is 321 g/mol. The Labute approximate surface area is 138 Å². The van der Waals surface area contributed by atoms with Crippen molar-refractivity contribution in [1.29, 1.82) is 0 Å². The maximum absolute atomic E-state index is 12.0. The molecule has 5 heteroatoms. The summed E-state index contributed by atoms with van der Waals surface area (Å²) in [6.45, 7) is 7.60. The van der Waals surface area contributed by atoms with Crippen molar-refractivity contribution in [3.63, 3.8) is 0 Å². The van der Waals surface area contributed by atoms with Crippen molar-refractivity contribution in [2.24, 2.45) is 0 Å². The quantitative estimate of drug-likeness (QED) is 0.850. The summed E-state index contributed by atoms with van der Waals surface area (Å²) in [5.74, 6) is 0.847. The van der Waals surface area contributed by atoms with E-state index in [-0.39, 0.29) is 12.2 Å². The van der Waals surface area contributed by atoms with Crippen LogP contribution in [0.1, 0.15) is 39.2 Å². The van der Waals surface area contributed by atoms with Gasteiger partial charge in [0.25, 0.3) is 0 Å². The summed E-state index contributed by atoms with van der Waals surface area (Å²) in [5, 5.41) is 0. The molecule has 1 amide bonds. The van der Waals surface area contributed by atoms with Crippen LogP contribution in [0.15, 0.2) is 24.3 Å². The van der Waals surface area contributed by atoms with E-state index in [0.29, 0.717) is 19.7 Å². The fraction of sp³-hybridized carbons (Fsp3) is 0.611. The Balaban J connectivity index is 1.73. The minimum Gasteiger partial charge on any atom is -0.497 e. The molecule has 1 heterocycles. The highest BCUT2D eigenvalue weighted by atomic mass is 16.6. The number of benzene rings is 1. The van der Waals surface area contributed by atoms with Gasteiger partial charge in [0.15, 0.2) is 0 Å². The van der Waals surface area contributed by atoms with Gasteiger partial charge >= 0.3 is 6.09 Å². The van der Waals surface area contributed by atoms with Crippen LogP contribution in [0.3, 0.4) is 0 Å². The highest BCUT2D eigenvalue weighted by Gasteiger charge is 2.27. The monoisotopic (exact) mass is 321 g/mol. The van der Waals surface area contributed by atoms with E-state index in [4.69, 9.17) is 14.2 Å². The Hall–Kier alpha value is -1.75. The van der Waals surface area contributed by atoms with Crippen molar-refractivity contribution >= 4 is 6.09 Å². The van der Waals surface area contributed by atoms with Crippen LogP contribution in [0.5, 0.6) is 5.75 Å². The van der Waals surface area contributed by atoms with Gasteiger partial charge in [0, 0.05) is 13.1 Å². The molecule has 0 atom stereocenters. The summed E-state index contributed by atoms with van der Waals surface area (Å²) in [5.41, 5.74) is 0.680. The molecule has 0 spiro atoms. The molecule has 1 aromatic carbocycles. The molecule has 1 saturated heterocycles. The summed E-state index contributed by atoms with van der Waals surface area (Å²) >= 11 is 0. The maximum atomic E-state index is 12.0. The topological polar surface area (TPSA) is 48.0 Å². The number of nitrogens with zero attached hydrogens (tertiary/aromatic N) is 1. The van der Waals surface area contributed by atoms with E-state index in [1.807, 2.05) is 45.0 Å². The van der Waals surface area contributed by atoms with E-state index < -0.39 is 5.60 Å². The summed E-state index contributed by atoms with van der Waals surface area (Å²) in [6, 6.07) is 7.89. The lowest BCUT2D eigenvalue weighted by atomic mass is 10.1. The van der Waals surface area contributed by atoms with E-state index in [2.05, 4.69) is 0 Å². The van der Waals surface area contributed by atoms with Crippen LogP contribution in [0, 0.1) is 0 Å². The summed E-state index contributed by atoms with van der Waals surface area (Å²) in [7, 11) is 1.66. The molecule has 1 fully saturated rings. The van der Waals surface area contributed by atoms with Crippen LogP contribution in [0.4, 0.5) is 4.79 Å². The third kappa shape index (κ3) is 5.75. The SMILES string of the molecule is COc1ccc(COC2CCN(C(=O)OC(C)(C)C)CC2)cc1. The first-order chi connectivity index (χ1) is 10.9. The molecule has 0 aliphatic carbocycles. The van der Waals surface area contributed by atoms with Crippen LogP contribution in [0.25, 0.3) is 0 Å². The van der Waals surface area contributed by atoms with E-state index in [1.165, 1.54) is 0 Å². The van der Waals surface area contributed by atoms with Gasteiger partial charge in [0.1, 0.15) is 11.4 Å². The van der Waals surface area contributed by atoms with Gasteiger partial charge in [-0.1, -0.05) is 12.1 Å². The van der Waals surface area contributed by atoms with Gasteiger partial charge in [-0.15, -0.1) is 0 Å². The molecule has 1 aromatic rings. The largest absolute Gasteiger partial charge is 0.497 e. The molecule has 0 bridgehead atoms. The predicted octanol–water partition coefficient (Wildman–Crippen LogP) is 3.61. The molecule has 0 radical (unpaired) electrons.